The zero-order chi connectivity index (χ0) is 6.41. The maximum atomic E-state index is 10.0. The van der Waals surface area contributed by atoms with Crippen molar-refractivity contribution in [1.82, 2.24) is 0 Å². The molecule has 9 heavy (non-hydrogen) atoms. The van der Waals surface area contributed by atoms with Crippen molar-refractivity contribution in [3.63, 3.8) is 0 Å². The van der Waals surface area contributed by atoms with Crippen molar-refractivity contribution in [2.24, 2.45) is 5.92 Å². The molecule has 0 fully saturated rings. The Balaban J connectivity index is 0. The molecule has 0 amide bonds. The molecule has 0 aromatic heterocycles. The summed E-state index contributed by atoms with van der Waals surface area (Å²) >= 11 is 0. The van der Waals surface area contributed by atoms with E-state index in [2.05, 4.69) is 6.92 Å². The summed E-state index contributed by atoms with van der Waals surface area (Å²) < 4.78 is 0. The van der Waals surface area contributed by atoms with Crippen molar-refractivity contribution in [2.75, 3.05) is 0 Å². The Kier molecular flexibility index (Phi) is 13.4. The van der Waals surface area contributed by atoms with Crippen molar-refractivity contribution in [1.29, 1.82) is 0 Å². The van der Waals surface area contributed by atoms with E-state index in [1.54, 1.807) is 0 Å². The second-order valence-corrected chi connectivity index (χ2v) is 2.01. The molecule has 0 aromatic carbocycles. The first-order valence-electron chi connectivity index (χ1n) is 3.22. The minimum absolute atomic E-state index is 0. The van der Waals surface area contributed by atoms with E-state index >= 15 is 0 Å². The van der Waals surface area contributed by atoms with E-state index in [0.717, 1.165) is 19.3 Å². The average molecular weight is 152 g/mol. The first kappa shape index (κ1) is 12.9. The zero-order valence-electron chi connectivity index (χ0n) is 6.61. The first-order valence-corrected chi connectivity index (χ1v) is 3.22. The fourth-order valence-corrected chi connectivity index (χ4v) is 0.695. The minimum Gasteiger partial charge on any atom is -0.542 e. The van der Waals surface area contributed by atoms with Crippen LogP contribution in [-0.4, -0.2) is 6.29 Å². The molecule has 1 unspecified atom stereocenters. The Morgan fingerprint density at radius 3 is 2.11 bits per heavy atom. The van der Waals surface area contributed by atoms with Crippen LogP contribution in [0.2, 0.25) is 0 Å². The minimum atomic E-state index is 0. The smallest absolute Gasteiger partial charge is 0.542 e. The quantitative estimate of drug-likeness (QED) is 0.370. The third-order valence-corrected chi connectivity index (χ3v) is 1.30. The van der Waals surface area contributed by atoms with Gasteiger partial charge in [0, 0.05) is 0 Å². The van der Waals surface area contributed by atoms with Gasteiger partial charge in [0.05, 0.1) is 0 Å². The molecule has 0 heterocycles. The summed E-state index contributed by atoms with van der Waals surface area (Å²) in [7, 11) is 0. The van der Waals surface area contributed by atoms with E-state index in [-0.39, 0.29) is 57.3 Å². The van der Waals surface area contributed by atoms with Gasteiger partial charge in [0.2, 0.25) is 0 Å². The standard InChI is InChI=1S/C7H13O.K/c1-3-5-7(4-2)6-8;/h7H,3-5H2,1-2H3;/q-1;+1. The van der Waals surface area contributed by atoms with Crippen molar-refractivity contribution in [3.05, 3.63) is 0 Å². The molecule has 0 bridgehead atoms. The van der Waals surface area contributed by atoms with E-state index in [0.29, 0.717) is 0 Å². The van der Waals surface area contributed by atoms with Crippen LogP contribution in [0.3, 0.4) is 0 Å². The zero-order valence-corrected chi connectivity index (χ0v) is 9.73. The summed E-state index contributed by atoms with van der Waals surface area (Å²) in [5.74, 6) is 0.194. The van der Waals surface area contributed by atoms with Crippen LogP contribution in [0.1, 0.15) is 33.1 Å². The number of rotatable bonds is 4. The van der Waals surface area contributed by atoms with E-state index in [9.17, 15) is 4.79 Å². The van der Waals surface area contributed by atoms with Crippen LogP contribution in [0.5, 0.6) is 0 Å². The maximum absolute atomic E-state index is 10.0. The molecule has 1 nitrogen and oxygen atoms in total. The Morgan fingerprint density at radius 2 is 2.00 bits per heavy atom. The first-order chi connectivity index (χ1) is 3.85. The van der Waals surface area contributed by atoms with Gasteiger partial charge in [-0.3, -0.25) is 6.29 Å². The summed E-state index contributed by atoms with van der Waals surface area (Å²) in [4.78, 5) is 10.0. The van der Waals surface area contributed by atoms with Gasteiger partial charge >= 0.3 is 51.4 Å². The fourth-order valence-electron chi connectivity index (χ4n) is 0.695. The molecule has 0 N–H and O–H groups in total. The average Bonchev–Trinajstić information content (AvgIpc) is 1.83. The Hall–Kier alpha value is 1.31. The molecule has 2 heteroatoms. The van der Waals surface area contributed by atoms with Crippen LogP contribution in [0, 0.1) is 5.92 Å². The predicted octanol–water partition coefficient (Wildman–Crippen LogP) is -1.07. The summed E-state index contributed by atoms with van der Waals surface area (Å²) in [5, 5.41) is 0. The molecule has 0 aliphatic heterocycles. The van der Waals surface area contributed by atoms with Gasteiger partial charge in [-0.15, -0.1) is 5.92 Å². The van der Waals surface area contributed by atoms with Crippen LogP contribution in [0.15, 0.2) is 0 Å². The third-order valence-electron chi connectivity index (χ3n) is 1.30. The summed E-state index contributed by atoms with van der Waals surface area (Å²) in [6, 6.07) is 0. The van der Waals surface area contributed by atoms with Crippen LogP contribution in [0.25, 0.3) is 0 Å². The monoisotopic (exact) mass is 152 g/mol. The Labute approximate surface area is 100 Å². The van der Waals surface area contributed by atoms with Gasteiger partial charge in [0.1, 0.15) is 0 Å². The van der Waals surface area contributed by atoms with Crippen LogP contribution in [0.4, 0.5) is 0 Å². The molecular weight excluding hydrogens is 139 g/mol. The van der Waals surface area contributed by atoms with Gasteiger partial charge in [-0.1, -0.05) is 33.1 Å². The molecule has 48 valence electrons. The van der Waals surface area contributed by atoms with Gasteiger partial charge in [-0.2, -0.15) is 0 Å². The summed E-state index contributed by atoms with van der Waals surface area (Å²) in [6.07, 6.45) is 5.04. The van der Waals surface area contributed by atoms with Crippen molar-refractivity contribution < 1.29 is 56.2 Å². The molecular formula is C7H13KO. The Morgan fingerprint density at radius 1 is 1.44 bits per heavy atom. The van der Waals surface area contributed by atoms with E-state index < -0.39 is 0 Å². The molecule has 1 atom stereocenters. The van der Waals surface area contributed by atoms with Crippen LogP contribution >= 0.6 is 0 Å². The number of carbonyl (C=O) groups excluding carboxylic acids is 1. The largest absolute Gasteiger partial charge is 1.00 e. The Bertz CT molecular complexity index is 63.9. The SMILES string of the molecule is CCCC([C-]=O)CC.[K+]. The van der Waals surface area contributed by atoms with Crippen molar-refractivity contribution in [2.45, 2.75) is 33.1 Å². The molecule has 0 saturated heterocycles. The molecule has 0 aromatic rings. The number of hydrogen-bond acceptors (Lipinski definition) is 1. The van der Waals surface area contributed by atoms with Gasteiger partial charge in [-0.25, -0.2) is 0 Å². The molecule has 0 saturated carbocycles. The maximum Gasteiger partial charge on any atom is 1.00 e. The van der Waals surface area contributed by atoms with Gasteiger partial charge in [-0.05, 0) is 0 Å². The van der Waals surface area contributed by atoms with Crippen LogP contribution < -0.4 is 51.4 Å². The second kappa shape index (κ2) is 9.31. The molecule has 0 aliphatic rings. The topological polar surface area (TPSA) is 17.1 Å². The number of hydrogen-bond donors (Lipinski definition) is 0. The van der Waals surface area contributed by atoms with Crippen LogP contribution in [-0.2, 0) is 4.79 Å². The molecule has 0 aliphatic carbocycles. The van der Waals surface area contributed by atoms with Gasteiger partial charge in [0.25, 0.3) is 0 Å². The summed E-state index contributed by atoms with van der Waals surface area (Å²) in [6.45, 7) is 4.10. The summed E-state index contributed by atoms with van der Waals surface area (Å²) in [5.41, 5.74) is 0. The fraction of sp³-hybridized carbons (Fsp3) is 0.857. The van der Waals surface area contributed by atoms with E-state index in [4.69, 9.17) is 0 Å². The van der Waals surface area contributed by atoms with Gasteiger partial charge in [0.15, 0.2) is 0 Å². The van der Waals surface area contributed by atoms with Crippen molar-refractivity contribution in [3.8, 4) is 0 Å². The third kappa shape index (κ3) is 7.20. The second-order valence-electron chi connectivity index (χ2n) is 2.01. The van der Waals surface area contributed by atoms with E-state index in [1.807, 2.05) is 13.2 Å². The predicted molar refractivity (Wildman–Crippen MR) is 34.4 cm³/mol. The van der Waals surface area contributed by atoms with E-state index in [1.165, 1.54) is 0 Å². The normalized spacial score (nSPS) is 11.8. The molecule has 0 spiro atoms. The van der Waals surface area contributed by atoms with Crippen molar-refractivity contribution >= 4 is 6.29 Å². The molecule has 0 radical (unpaired) electrons. The molecule has 0 rings (SSSR count). The van der Waals surface area contributed by atoms with Gasteiger partial charge < -0.3 is 4.79 Å².